The Morgan fingerprint density at radius 1 is 0.973 bits per heavy atom. The van der Waals surface area contributed by atoms with Crippen molar-refractivity contribution in [3.8, 4) is 0 Å². The topological polar surface area (TPSA) is 119 Å². The summed E-state index contributed by atoms with van der Waals surface area (Å²) in [5.41, 5.74) is 5.20. The Balaban J connectivity index is 1.45. The number of hydrogen-bond donors (Lipinski definition) is 3. The molecule has 0 aromatic heterocycles. The summed E-state index contributed by atoms with van der Waals surface area (Å²) in [5.74, 6) is -0.0618. The quantitative estimate of drug-likeness (QED) is 0.355. The second-order valence-corrected chi connectivity index (χ2v) is 15.7. The van der Waals surface area contributed by atoms with Crippen LogP contribution in [0.5, 0.6) is 0 Å². The molecule has 1 saturated heterocycles. The van der Waals surface area contributed by atoms with E-state index in [4.69, 9.17) is 5.73 Å². The van der Waals surface area contributed by atoms with Crippen molar-refractivity contribution in [3.63, 3.8) is 0 Å². The van der Waals surface area contributed by atoms with E-state index in [9.17, 15) is 19.5 Å². The van der Waals surface area contributed by atoms with E-state index < -0.39 is 11.5 Å². The fourth-order valence-electron chi connectivity index (χ4n) is 11.7. The highest BCUT2D eigenvalue weighted by Gasteiger charge is 2.83. The van der Waals surface area contributed by atoms with Crippen LogP contribution in [0.3, 0.4) is 0 Å². The number of nitrogens with two attached hydrogens (primary N) is 1. The van der Waals surface area contributed by atoms with E-state index >= 15 is 0 Å². The summed E-state index contributed by atoms with van der Waals surface area (Å²) in [6.07, 6.45) is 9.45. The first-order valence-electron chi connectivity index (χ1n) is 14.5. The normalized spacial score (nSPS) is 54.9. The first-order valence-corrected chi connectivity index (χ1v) is 14.5. The maximum absolute atomic E-state index is 14.5. The number of fused-ring (bicyclic) bond motifs is 6. The SMILES string of the molecule is CC1(C)CC[C@]2(CC(=O)O)CC[C@]3(C)C(C(=O)CC4[C@@]5(C)CC(=CN)C(=O)[C@@]6(C)N[C@]65CC[C@]43C)C2C1. The van der Waals surface area contributed by atoms with Gasteiger partial charge in [-0.2, -0.15) is 0 Å². The number of carbonyl (C=O) groups is 3. The van der Waals surface area contributed by atoms with Crippen molar-refractivity contribution in [1.82, 2.24) is 5.32 Å². The zero-order valence-corrected chi connectivity index (χ0v) is 23.6. The van der Waals surface area contributed by atoms with Gasteiger partial charge in [-0.05, 0) is 97.2 Å². The second kappa shape index (κ2) is 7.08. The molecule has 6 heteroatoms. The van der Waals surface area contributed by atoms with Crippen molar-refractivity contribution in [2.24, 2.45) is 50.6 Å². The Labute approximate surface area is 221 Å². The number of ketones is 2. The van der Waals surface area contributed by atoms with E-state index in [1.54, 1.807) is 0 Å². The monoisotopic (exact) mass is 510 g/mol. The third kappa shape index (κ3) is 2.79. The number of carbonyl (C=O) groups excluding carboxylic acids is 2. The molecule has 1 aliphatic heterocycles. The first-order chi connectivity index (χ1) is 17.0. The molecule has 6 rings (SSSR count). The number of aliphatic carboxylic acids is 1. The molecular weight excluding hydrogens is 464 g/mol. The second-order valence-electron chi connectivity index (χ2n) is 15.7. The summed E-state index contributed by atoms with van der Waals surface area (Å²) in [7, 11) is 0. The van der Waals surface area contributed by atoms with Gasteiger partial charge in [0.15, 0.2) is 5.78 Å². The molecule has 3 unspecified atom stereocenters. The summed E-state index contributed by atoms with van der Waals surface area (Å²) in [4.78, 5) is 39.9. The van der Waals surface area contributed by atoms with Crippen LogP contribution in [-0.4, -0.2) is 33.7 Å². The van der Waals surface area contributed by atoms with Crippen LogP contribution in [0.2, 0.25) is 0 Å². The van der Waals surface area contributed by atoms with Crippen molar-refractivity contribution >= 4 is 17.5 Å². The number of nitrogens with one attached hydrogen (secondary N) is 1. The van der Waals surface area contributed by atoms with Crippen molar-refractivity contribution in [2.75, 3.05) is 0 Å². The average molecular weight is 511 g/mol. The molecule has 0 aromatic carbocycles. The van der Waals surface area contributed by atoms with Crippen molar-refractivity contribution in [3.05, 3.63) is 11.8 Å². The van der Waals surface area contributed by atoms with Crippen molar-refractivity contribution in [2.45, 2.75) is 117 Å². The largest absolute Gasteiger partial charge is 0.481 e. The summed E-state index contributed by atoms with van der Waals surface area (Å²) in [6, 6.07) is 0. The number of rotatable bonds is 2. The molecule has 0 radical (unpaired) electrons. The fraction of sp³-hybridized carbons (Fsp3) is 0.839. The minimum absolute atomic E-state index is 0.0617. The molecule has 1 spiro atoms. The van der Waals surface area contributed by atoms with Crippen molar-refractivity contribution < 1.29 is 19.5 Å². The number of hydrogen-bond acceptors (Lipinski definition) is 5. The highest BCUT2D eigenvalue weighted by molar-refractivity contribution is 6.08. The molecule has 1 heterocycles. The fourth-order valence-corrected chi connectivity index (χ4v) is 11.7. The molecule has 37 heavy (non-hydrogen) atoms. The predicted octanol–water partition coefficient (Wildman–Crippen LogP) is 5.00. The van der Waals surface area contributed by atoms with Gasteiger partial charge in [-0.3, -0.25) is 19.7 Å². The molecule has 6 fully saturated rings. The molecule has 0 aromatic rings. The van der Waals surface area contributed by atoms with Crippen LogP contribution in [-0.2, 0) is 14.4 Å². The Bertz CT molecular complexity index is 1140. The van der Waals surface area contributed by atoms with Gasteiger partial charge >= 0.3 is 5.97 Å². The number of Topliss-reactive ketones (excluding diaryl/α,β-unsaturated/α-hetero) is 2. The smallest absolute Gasteiger partial charge is 0.303 e. The van der Waals surface area contributed by atoms with E-state index in [1.807, 2.05) is 6.92 Å². The van der Waals surface area contributed by atoms with Crippen molar-refractivity contribution in [1.29, 1.82) is 0 Å². The summed E-state index contributed by atoms with van der Waals surface area (Å²) >= 11 is 0. The van der Waals surface area contributed by atoms with E-state index in [0.29, 0.717) is 24.2 Å². The van der Waals surface area contributed by atoms with E-state index in [0.717, 1.165) is 44.9 Å². The van der Waals surface area contributed by atoms with Crippen LogP contribution in [0.4, 0.5) is 0 Å². The molecule has 204 valence electrons. The lowest BCUT2D eigenvalue weighted by atomic mass is 9.31. The lowest BCUT2D eigenvalue weighted by Crippen LogP contribution is -2.70. The predicted molar refractivity (Wildman–Crippen MR) is 141 cm³/mol. The van der Waals surface area contributed by atoms with Crippen LogP contribution >= 0.6 is 0 Å². The third-order valence-electron chi connectivity index (χ3n) is 13.9. The van der Waals surface area contributed by atoms with Gasteiger partial charge in [0.25, 0.3) is 0 Å². The van der Waals surface area contributed by atoms with E-state index in [-0.39, 0.29) is 62.6 Å². The van der Waals surface area contributed by atoms with E-state index in [2.05, 4.69) is 39.9 Å². The Morgan fingerprint density at radius 2 is 1.62 bits per heavy atom. The molecular formula is C31H46N2O4. The van der Waals surface area contributed by atoms with Gasteiger partial charge in [0.2, 0.25) is 0 Å². The Hall–Kier alpha value is -1.69. The van der Waals surface area contributed by atoms with Crippen LogP contribution < -0.4 is 11.1 Å². The average Bonchev–Trinajstić information content (AvgIpc) is 3.45. The van der Waals surface area contributed by atoms with Gasteiger partial charge in [0.1, 0.15) is 5.78 Å². The minimum Gasteiger partial charge on any atom is -0.481 e. The van der Waals surface area contributed by atoms with Gasteiger partial charge in [-0.25, -0.2) is 0 Å². The highest BCUT2D eigenvalue weighted by Crippen LogP contribution is 2.78. The maximum atomic E-state index is 14.5. The van der Waals surface area contributed by atoms with Gasteiger partial charge in [0, 0.05) is 24.1 Å². The third-order valence-corrected chi connectivity index (χ3v) is 13.9. The van der Waals surface area contributed by atoms with Crippen LogP contribution in [0.25, 0.3) is 0 Å². The lowest BCUT2D eigenvalue weighted by molar-refractivity contribution is -0.222. The standard InChI is InChI=1S/C31H46N2O4/c1-25(2)7-10-30(16-22(35)36)11-8-27(4)23(19(30)15-25)20(34)13-21-26(27,3)9-12-31-28(21,5)14-18(17-32)24(37)29(31,6)33-31/h17,19,21,23,33H,7-16,32H2,1-6H3,(H,35,36)/t19?,21?,23?,26-,27-,28-,29-,30-,31+/m1/s1. The Kier molecular flexibility index (Phi) is 4.90. The molecule has 6 nitrogen and oxygen atoms in total. The van der Waals surface area contributed by atoms with Crippen LogP contribution in [0.15, 0.2) is 11.8 Å². The highest BCUT2D eigenvalue weighted by atomic mass is 16.4. The summed E-state index contributed by atoms with van der Waals surface area (Å²) < 4.78 is 0. The van der Waals surface area contributed by atoms with E-state index in [1.165, 1.54) is 6.20 Å². The molecule has 9 atom stereocenters. The molecule has 4 N–H and O–H groups in total. The molecule has 5 saturated carbocycles. The Morgan fingerprint density at radius 3 is 2.27 bits per heavy atom. The van der Waals surface area contributed by atoms with Gasteiger partial charge in [0.05, 0.1) is 17.5 Å². The van der Waals surface area contributed by atoms with Crippen LogP contribution in [0, 0.1) is 44.8 Å². The van der Waals surface area contributed by atoms with Gasteiger partial charge in [-0.15, -0.1) is 0 Å². The molecule has 6 aliphatic rings. The summed E-state index contributed by atoms with van der Waals surface area (Å²) in [5, 5.41) is 13.6. The number of carboxylic acid groups (broad SMARTS) is 1. The maximum Gasteiger partial charge on any atom is 0.303 e. The molecule has 0 bridgehead atoms. The molecule has 5 aliphatic carbocycles. The van der Waals surface area contributed by atoms with Gasteiger partial charge < -0.3 is 10.8 Å². The van der Waals surface area contributed by atoms with Crippen LogP contribution in [0.1, 0.15) is 106 Å². The minimum atomic E-state index is -0.722. The molecule has 0 amide bonds. The number of carboxylic acids is 1. The first kappa shape index (κ1) is 25.6. The zero-order chi connectivity index (χ0) is 27.0. The lowest BCUT2D eigenvalue weighted by Gasteiger charge is -2.71. The zero-order valence-electron chi connectivity index (χ0n) is 23.6. The summed E-state index contributed by atoms with van der Waals surface area (Å²) in [6.45, 7) is 13.8. The van der Waals surface area contributed by atoms with Gasteiger partial charge in [-0.1, -0.05) is 34.6 Å².